The molecule has 194 valence electrons. The number of pyridine rings is 1. The highest BCUT2D eigenvalue weighted by molar-refractivity contribution is 9.10. The Morgan fingerprint density at radius 2 is 1.89 bits per heavy atom. The van der Waals surface area contributed by atoms with Crippen LogP contribution in [0.3, 0.4) is 0 Å². The second-order valence-corrected chi connectivity index (χ2v) is 9.38. The van der Waals surface area contributed by atoms with Crippen molar-refractivity contribution in [2.24, 2.45) is 0 Å². The van der Waals surface area contributed by atoms with Gasteiger partial charge in [0.1, 0.15) is 35.5 Å². The first kappa shape index (κ1) is 26.6. The van der Waals surface area contributed by atoms with E-state index in [9.17, 15) is 13.6 Å². The zero-order valence-electron chi connectivity index (χ0n) is 20.2. The molecule has 2 aromatic heterocycles. The summed E-state index contributed by atoms with van der Waals surface area (Å²) in [6.07, 6.45) is 0. The number of methoxy groups -OCH3 is 1. The van der Waals surface area contributed by atoms with E-state index in [0.29, 0.717) is 28.4 Å². The van der Waals surface area contributed by atoms with Gasteiger partial charge in [0.25, 0.3) is 11.5 Å². The Morgan fingerprint density at radius 3 is 2.54 bits per heavy atom. The predicted molar refractivity (Wildman–Crippen MR) is 138 cm³/mol. The maximum absolute atomic E-state index is 15.1. The van der Waals surface area contributed by atoms with Crippen LogP contribution in [0.2, 0.25) is 0 Å². The summed E-state index contributed by atoms with van der Waals surface area (Å²) in [6.45, 7) is 1.97. The Bertz CT molecular complexity index is 1510. The fourth-order valence-corrected chi connectivity index (χ4v) is 4.47. The molecule has 7 nitrogen and oxygen atoms in total. The molecule has 0 aliphatic carbocycles. The van der Waals surface area contributed by atoms with Gasteiger partial charge in [-0.2, -0.15) is 8.78 Å². The van der Waals surface area contributed by atoms with Crippen LogP contribution in [-0.4, -0.2) is 33.4 Å². The maximum atomic E-state index is 15.1. The minimum absolute atomic E-state index is 0.0272. The number of aliphatic hydroxyl groups is 1. The van der Waals surface area contributed by atoms with Gasteiger partial charge in [-0.1, -0.05) is 24.3 Å². The predicted octanol–water partition coefficient (Wildman–Crippen LogP) is 5.32. The number of rotatable bonds is 8. The molecular formula is C26H24BrF3N4O3. The molecule has 0 radical (unpaired) electrons. The molecule has 11 heteroatoms. The third kappa shape index (κ3) is 5.33. The van der Waals surface area contributed by atoms with Gasteiger partial charge in [-0.15, -0.1) is 0 Å². The minimum Gasteiger partial charge on any atom is -0.497 e. The first-order chi connectivity index (χ1) is 17.6. The molecule has 0 bridgehead atoms. The van der Waals surface area contributed by atoms with E-state index >= 15 is 4.39 Å². The van der Waals surface area contributed by atoms with Crippen LogP contribution in [0, 0.1) is 12.7 Å². The molecule has 0 fully saturated rings. The molecule has 0 unspecified atom stereocenters. The number of anilines is 1. The van der Waals surface area contributed by atoms with Crippen LogP contribution >= 0.6 is 15.9 Å². The summed E-state index contributed by atoms with van der Waals surface area (Å²) in [5.41, 5.74) is -0.0237. The van der Waals surface area contributed by atoms with Crippen molar-refractivity contribution in [1.29, 1.82) is 0 Å². The van der Waals surface area contributed by atoms with Gasteiger partial charge in [0, 0.05) is 5.56 Å². The second-order valence-electron chi connectivity index (χ2n) is 8.53. The molecule has 2 heterocycles. The number of aliphatic hydroxyl groups excluding tert-OH is 1. The molecule has 0 spiro atoms. The number of nitrogens with one attached hydrogen (secondary N) is 1. The fraction of sp³-hybridized carbons (Fsp3) is 0.269. The van der Waals surface area contributed by atoms with E-state index in [1.807, 2.05) is 12.1 Å². The number of aromatic nitrogens is 3. The van der Waals surface area contributed by atoms with E-state index in [2.05, 4.69) is 31.2 Å². The van der Waals surface area contributed by atoms with Crippen molar-refractivity contribution in [3.63, 3.8) is 0 Å². The summed E-state index contributed by atoms with van der Waals surface area (Å²) in [5.74, 6) is -3.50. The van der Waals surface area contributed by atoms with Gasteiger partial charge >= 0.3 is 0 Å². The molecule has 0 aliphatic rings. The van der Waals surface area contributed by atoms with Crippen LogP contribution in [0.25, 0.3) is 11.0 Å². The van der Waals surface area contributed by atoms with Gasteiger partial charge in [-0.3, -0.25) is 9.36 Å². The van der Waals surface area contributed by atoms with Crippen LogP contribution < -0.4 is 15.6 Å². The minimum atomic E-state index is -3.72. The smallest absolute Gasteiger partial charge is 0.298 e. The average molecular weight is 577 g/mol. The van der Waals surface area contributed by atoms with Crippen molar-refractivity contribution in [3.8, 4) is 5.75 Å². The number of halogens is 4. The maximum Gasteiger partial charge on any atom is 0.298 e. The van der Waals surface area contributed by atoms with Gasteiger partial charge in [-0.05, 0) is 59.6 Å². The van der Waals surface area contributed by atoms with E-state index < -0.39 is 30.0 Å². The van der Waals surface area contributed by atoms with Crippen molar-refractivity contribution in [2.75, 3.05) is 19.0 Å². The molecule has 4 rings (SSSR count). The zero-order chi connectivity index (χ0) is 26.9. The highest BCUT2D eigenvalue weighted by Crippen LogP contribution is 2.34. The first-order valence-corrected chi connectivity index (χ1v) is 12.1. The van der Waals surface area contributed by atoms with E-state index in [1.165, 1.54) is 16.7 Å². The standard InChI is InChI=1S/C26H24BrF3N4O3/c1-14(18-5-4-6-20(22(18)28)26(29,30)13-35)31-23-19-11-21(27)25(36)34(24(19)33-15(2)32-23)12-16-7-9-17(37-3)10-8-16/h4-11,14,35H,12-13H2,1-3H3,(H,31,32,33)/t14-/m1/s1. The lowest BCUT2D eigenvalue weighted by molar-refractivity contribution is -0.0583. The van der Waals surface area contributed by atoms with E-state index in [4.69, 9.17) is 9.84 Å². The van der Waals surface area contributed by atoms with Gasteiger partial charge < -0.3 is 15.2 Å². The molecule has 2 aromatic carbocycles. The number of hydrogen-bond acceptors (Lipinski definition) is 6. The topological polar surface area (TPSA) is 89.3 Å². The summed E-state index contributed by atoms with van der Waals surface area (Å²) in [5, 5.41) is 12.6. The first-order valence-electron chi connectivity index (χ1n) is 11.3. The van der Waals surface area contributed by atoms with E-state index in [1.54, 1.807) is 39.2 Å². The number of hydrogen-bond donors (Lipinski definition) is 2. The Kier molecular flexibility index (Phi) is 7.56. The Morgan fingerprint density at radius 1 is 1.19 bits per heavy atom. The zero-order valence-corrected chi connectivity index (χ0v) is 21.8. The van der Waals surface area contributed by atoms with Gasteiger partial charge in [0.15, 0.2) is 0 Å². The number of aryl methyl sites for hydroxylation is 1. The number of alkyl halides is 2. The molecule has 0 saturated heterocycles. The van der Waals surface area contributed by atoms with Crippen LogP contribution in [0.5, 0.6) is 5.75 Å². The molecular weight excluding hydrogens is 553 g/mol. The summed E-state index contributed by atoms with van der Waals surface area (Å²) < 4.78 is 50.1. The summed E-state index contributed by atoms with van der Waals surface area (Å²) in [4.78, 5) is 22.0. The quantitative estimate of drug-likeness (QED) is 0.295. The van der Waals surface area contributed by atoms with Crippen molar-refractivity contribution < 1.29 is 23.0 Å². The highest BCUT2D eigenvalue weighted by atomic mass is 79.9. The lowest BCUT2D eigenvalue weighted by atomic mass is 10.0. The SMILES string of the molecule is COc1ccc(Cn2c(=O)c(Br)cc3c(N[C@H](C)c4cccc(C(F)(F)CO)c4F)nc(C)nc32)cc1. The van der Waals surface area contributed by atoms with Crippen LogP contribution in [-0.2, 0) is 12.5 Å². The highest BCUT2D eigenvalue weighted by Gasteiger charge is 2.35. The molecule has 2 N–H and O–H groups in total. The molecule has 37 heavy (non-hydrogen) atoms. The third-order valence-electron chi connectivity index (χ3n) is 5.95. The van der Waals surface area contributed by atoms with E-state index in [-0.39, 0.29) is 22.1 Å². The number of fused-ring (bicyclic) bond motifs is 1. The summed E-state index contributed by atoms with van der Waals surface area (Å²) in [7, 11) is 1.57. The monoisotopic (exact) mass is 576 g/mol. The lowest BCUT2D eigenvalue weighted by Gasteiger charge is -2.21. The van der Waals surface area contributed by atoms with Gasteiger partial charge in [0.05, 0.1) is 35.1 Å². The molecule has 0 aliphatic heterocycles. The lowest BCUT2D eigenvalue weighted by Crippen LogP contribution is -2.24. The molecule has 1 atom stereocenters. The average Bonchev–Trinajstić information content (AvgIpc) is 2.87. The normalized spacial score (nSPS) is 12.5. The summed E-state index contributed by atoms with van der Waals surface area (Å²) >= 11 is 3.31. The third-order valence-corrected chi connectivity index (χ3v) is 6.52. The van der Waals surface area contributed by atoms with Gasteiger partial charge in [0.2, 0.25) is 0 Å². The molecule has 4 aromatic rings. The largest absolute Gasteiger partial charge is 0.497 e. The van der Waals surface area contributed by atoms with Crippen molar-refractivity contribution in [2.45, 2.75) is 32.4 Å². The van der Waals surface area contributed by atoms with Gasteiger partial charge in [-0.25, -0.2) is 14.4 Å². The van der Waals surface area contributed by atoms with Crippen LogP contribution in [0.15, 0.2) is 57.8 Å². The number of benzene rings is 2. The summed E-state index contributed by atoms with van der Waals surface area (Å²) in [6, 6.07) is 11.7. The molecule has 0 amide bonds. The van der Waals surface area contributed by atoms with Crippen molar-refractivity contribution in [3.05, 3.63) is 91.7 Å². The second kappa shape index (κ2) is 10.5. The Balaban J connectivity index is 1.78. The Hall–Kier alpha value is -3.44. The van der Waals surface area contributed by atoms with Crippen LogP contribution in [0.1, 0.15) is 35.5 Å². The van der Waals surface area contributed by atoms with Crippen molar-refractivity contribution >= 4 is 32.8 Å². The Labute approximate surface area is 219 Å². The molecule has 0 saturated carbocycles. The van der Waals surface area contributed by atoms with Crippen LogP contribution in [0.4, 0.5) is 19.0 Å². The fourth-order valence-electron chi connectivity index (χ4n) is 4.02. The van der Waals surface area contributed by atoms with Crippen molar-refractivity contribution in [1.82, 2.24) is 14.5 Å². The number of ether oxygens (including phenoxy) is 1. The number of nitrogens with zero attached hydrogens (tertiary/aromatic N) is 3. The van der Waals surface area contributed by atoms with E-state index in [0.717, 1.165) is 11.6 Å².